The van der Waals surface area contributed by atoms with Crippen LogP contribution < -0.4 is 0 Å². The van der Waals surface area contributed by atoms with Gasteiger partial charge >= 0.3 is 27.6 Å². The van der Waals surface area contributed by atoms with Gasteiger partial charge in [0, 0.05) is 22.3 Å². The molecule has 19 heteroatoms. The Hall–Kier alpha value is -2.41. The third kappa shape index (κ3) is 23.2. The fourth-order valence-corrected chi connectivity index (χ4v) is 6.56. The Morgan fingerprint density at radius 2 is 1.19 bits per heavy atom. The molecule has 1 aliphatic rings. The second kappa shape index (κ2) is 28.1. The summed E-state index contributed by atoms with van der Waals surface area (Å²) in [7, 11) is -10.7. The van der Waals surface area contributed by atoms with E-state index in [0.29, 0.717) is 6.42 Å². The molecular weight excluding hydrogens is 758 g/mol. The Labute approximate surface area is 328 Å². The first-order valence-electron chi connectivity index (χ1n) is 17.1. The lowest BCUT2D eigenvalue weighted by atomic mass is 9.85. The Morgan fingerprint density at radius 1 is 0.698 bits per heavy atom. The van der Waals surface area contributed by atoms with Crippen molar-refractivity contribution in [2.45, 2.75) is 140 Å². The summed E-state index contributed by atoms with van der Waals surface area (Å²) in [4.78, 5) is 53.1. The van der Waals surface area contributed by atoms with Gasteiger partial charge in [0.25, 0.3) is 0 Å². The molecule has 1 fully saturated rings. The van der Waals surface area contributed by atoms with Crippen LogP contribution in [0.5, 0.6) is 0 Å². The minimum absolute atomic E-state index is 0. The van der Waals surface area contributed by atoms with Gasteiger partial charge in [0.1, 0.15) is 43.2 Å². The summed E-state index contributed by atoms with van der Waals surface area (Å²) in [5.41, 5.74) is 0. The average Bonchev–Trinajstić information content (AvgIpc) is 3.08. The van der Waals surface area contributed by atoms with Gasteiger partial charge in [-0.3, -0.25) is 18.4 Å². The van der Waals surface area contributed by atoms with Gasteiger partial charge in [-0.1, -0.05) is 84.0 Å². The number of carbonyl (C=O) groups excluding carboxylic acids is 2. The molecule has 7 N–H and O–H groups in total. The number of esters is 2. The van der Waals surface area contributed by atoms with E-state index >= 15 is 0 Å². The Morgan fingerprint density at radius 3 is 1.72 bits per heavy atom. The highest BCUT2D eigenvalue weighted by molar-refractivity contribution is 7.59. The fraction of sp³-hybridized carbons (Fsp3) is 0.706. The molecule has 16 nitrogen and oxygen atoms in total. The van der Waals surface area contributed by atoms with Crippen molar-refractivity contribution in [2.75, 3.05) is 13.2 Å². The standard InChI is InChI=1S/C34H50O16P2.H2S.7H2/c1-3-5-7-9-11-12-13-14-15-16-17-19-21-23-28(36)48-26(24-46-27(35)22-20-18-10-8-6-4-2)25-47-52(44,45)50-34-31(39)29(37)30(38)33(32(34)40)49-51(41,42)43;;;;;;;;/h2,26,29-34,37-40H,3,5,7,9,11-17,19,21,23-25H2,1H3,(H,44,45)(H2,41,42,43);1H2;7*1H/t26-,29+,30?,31?,32-,33-,34?;;;;;;;;/m1......../s1. The van der Waals surface area contributed by atoms with Gasteiger partial charge in [-0.15, -0.1) is 6.42 Å². The number of terminal acetylenes is 1. The van der Waals surface area contributed by atoms with E-state index in [1.807, 2.05) is 11.8 Å². The molecule has 0 aliphatic heterocycles. The zero-order valence-electron chi connectivity index (χ0n) is 29.6. The van der Waals surface area contributed by atoms with Gasteiger partial charge in [-0.05, 0) is 41.9 Å². The lowest BCUT2D eigenvalue weighted by Crippen LogP contribution is -2.64. The summed E-state index contributed by atoms with van der Waals surface area (Å²) in [6, 6.07) is 0. The normalized spacial score (nSPS) is 22.4. The SMILES string of the molecule is C#CC#CC#CC#CC(=O)OC[C@H](COP(=O)(O)OC1C(O)[C@@H](O)C(O)[C@@H](OP(=O)(O)O)[C@H]1O)OC(=O)CCCCCCCCCCCCCCC.S.[HH].[HH].[HH].[HH].[HH].[HH].[HH]. The van der Waals surface area contributed by atoms with E-state index < -0.39 is 83.5 Å². The minimum atomic E-state index is -5.38. The van der Waals surface area contributed by atoms with Gasteiger partial charge in [0.05, 0.1) is 6.61 Å². The van der Waals surface area contributed by atoms with E-state index in [1.165, 1.54) is 44.9 Å². The second-order valence-corrected chi connectivity index (χ2v) is 14.6. The molecule has 1 rings (SSSR count). The monoisotopic (exact) mass is 824 g/mol. The molecular formula is C34H66O16P2S. The molecule has 1 saturated carbocycles. The number of carbonyl (C=O) groups is 2. The van der Waals surface area contributed by atoms with Gasteiger partial charge < -0.3 is 44.6 Å². The van der Waals surface area contributed by atoms with Crippen LogP contribution >= 0.6 is 29.1 Å². The summed E-state index contributed by atoms with van der Waals surface area (Å²) in [6.45, 7) is 0.549. The first kappa shape index (κ1) is 50.6. The first-order valence-corrected chi connectivity index (χ1v) is 20.1. The molecule has 0 radical (unpaired) electrons. The predicted octanol–water partition coefficient (Wildman–Crippen LogP) is 3.84. The summed E-state index contributed by atoms with van der Waals surface area (Å²) in [6.07, 6.45) is 4.03. The highest BCUT2D eigenvalue weighted by Crippen LogP contribution is 2.49. The van der Waals surface area contributed by atoms with E-state index in [9.17, 15) is 44.0 Å². The lowest BCUT2D eigenvalue weighted by molar-refractivity contribution is -0.216. The van der Waals surface area contributed by atoms with Gasteiger partial charge in [0.15, 0.2) is 6.10 Å². The van der Waals surface area contributed by atoms with Gasteiger partial charge in [-0.2, -0.15) is 13.5 Å². The molecule has 8 atom stereocenters. The van der Waals surface area contributed by atoms with Crippen molar-refractivity contribution in [1.82, 2.24) is 0 Å². The molecule has 0 spiro atoms. The molecule has 314 valence electrons. The maximum atomic E-state index is 12.8. The summed E-state index contributed by atoms with van der Waals surface area (Å²) in [5, 5.41) is 40.8. The topological polar surface area (TPSA) is 256 Å². The minimum Gasteiger partial charge on any atom is -0.456 e. The van der Waals surface area contributed by atoms with Crippen molar-refractivity contribution in [3.8, 4) is 47.9 Å². The van der Waals surface area contributed by atoms with E-state index in [1.54, 1.807) is 0 Å². The zero-order chi connectivity index (χ0) is 39.0. The largest absolute Gasteiger partial charge is 0.472 e. The quantitative estimate of drug-likeness (QED) is 0.0240. The van der Waals surface area contributed by atoms with Crippen LogP contribution in [-0.4, -0.2) is 103 Å². The molecule has 0 aromatic heterocycles. The predicted molar refractivity (Wildman–Crippen MR) is 210 cm³/mol. The number of ether oxygens (including phenoxy) is 2. The van der Waals surface area contributed by atoms with Crippen molar-refractivity contribution in [3.05, 3.63) is 0 Å². The van der Waals surface area contributed by atoms with Crippen molar-refractivity contribution >= 4 is 41.1 Å². The lowest BCUT2D eigenvalue weighted by Gasteiger charge is -2.43. The number of unbranched alkanes of at least 4 members (excludes halogenated alkanes) is 12. The third-order valence-corrected chi connectivity index (χ3v) is 9.16. The highest BCUT2D eigenvalue weighted by atomic mass is 32.1. The molecule has 0 heterocycles. The number of rotatable bonds is 24. The van der Waals surface area contributed by atoms with Crippen LogP contribution in [0.2, 0.25) is 0 Å². The van der Waals surface area contributed by atoms with Crippen LogP contribution in [0.3, 0.4) is 0 Å². The van der Waals surface area contributed by atoms with Gasteiger partial charge in [0.2, 0.25) is 0 Å². The number of hydrogen-bond donors (Lipinski definition) is 7. The molecule has 0 aromatic carbocycles. The summed E-state index contributed by atoms with van der Waals surface area (Å²) >= 11 is 0. The number of phosphoric ester groups is 2. The molecule has 53 heavy (non-hydrogen) atoms. The molecule has 0 bridgehead atoms. The summed E-state index contributed by atoms with van der Waals surface area (Å²) in [5.74, 6) is 13.4. The van der Waals surface area contributed by atoms with Gasteiger partial charge in [-0.25, -0.2) is 13.9 Å². The Kier molecular flexibility index (Phi) is 26.8. The highest BCUT2D eigenvalue weighted by Gasteiger charge is 2.54. The third-order valence-electron chi connectivity index (χ3n) is 7.65. The number of phosphoric acid groups is 2. The molecule has 1 aliphatic carbocycles. The van der Waals surface area contributed by atoms with Crippen LogP contribution in [0.1, 0.15) is 107 Å². The fourth-order valence-electron chi connectivity index (χ4n) is 5.02. The van der Waals surface area contributed by atoms with Crippen LogP contribution in [0.15, 0.2) is 0 Å². The Balaban J connectivity index is -0.000000563. The number of aliphatic hydroxyl groups excluding tert-OH is 4. The Bertz CT molecular complexity index is 1460. The van der Waals surface area contributed by atoms with E-state index in [-0.39, 0.29) is 29.9 Å². The van der Waals surface area contributed by atoms with Crippen molar-refractivity contribution < 1.29 is 86.9 Å². The van der Waals surface area contributed by atoms with Crippen molar-refractivity contribution in [1.29, 1.82) is 0 Å². The first-order chi connectivity index (χ1) is 24.6. The average molecular weight is 825 g/mol. The van der Waals surface area contributed by atoms with Crippen LogP contribution in [0.4, 0.5) is 0 Å². The maximum Gasteiger partial charge on any atom is 0.472 e. The number of aliphatic hydroxyl groups is 4. The van der Waals surface area contributed by atoms with E-state index in [0.717, 1.165) is 32.1 Å². The van der Waals surface area contributed by atoms with Crippen LogP contribution in [0, 0.1) is 47.9 Å². The van der Waals surface area contributed by atoms with E-state index in [2.05, 4.69) is 41.0 Å². The molecule has 0 amide bonds. The molecule has 0 saturated heterocycles. The number of hydrogen-bond acceptors (Lipinski definition) is 13. The van der Waals surface area contributed by atoms with Crippen molar-refractivity contribution in [2.24, 2.45) is 0 Å². The smallest absolute Gasteiger partial charge is 0.456 e. The maximum absolute atomic E-state index is 12.8. The van der Waals surface area contributed by atoms with E-state index in [4.69, 9.17) is 34.7 Å². The zero-order valence-corrected chi connectivity index (χ0v) is 32.4. The van der Waals surface area contributed by atoms with Crippen LogP contribution in [0.25, 0.3) is 0 Å². The van der Waals surface area contributed by atoms with Crippen molar-refractivity contribution in [3.63, 3.8) is 0 Å². The van der Waals surface area contributed by atoms with Crippen LogP contribution in [-0.2, 0) is 41.8 Å². The molecule has 4 unspecified atom stereocenters. The summed E-state index contributed by atoms with van der Waals surface area (Å²) < 4.78 is 48.2. The second-order valence-electron chi connectivity index (χ2n) is 12.0. The molecule has 0 aromatic rings.